The Morgan fingerprint density at radius 1 is 1.00 bits per heavy atom. The molecule has 1 heterocycles. The van der Waals surface area contributed by atoms with Gasteiger partial charge in [-0.15, -0.1) is 0 Å². The highest BCUT2D eigenvalue weighted by Crippen LogP contribution is 2.40. The number of ether oxygens (including phenoxy) is 2. The van der Waals surface area contributed by atoms with Gasteiger partial charge in [-0.2, -0.15) is 0 Å². The lowest BCUT2D eigenvalue weighted by Crippen LogP contribution is -2.41. The third-order valence-electron chi connectivity index (χ3n) is 6.03. The van der Waals surface area contributed by atoms with Gasteiger partial charge in [0.1, 0.15) is 17.5 Å². The summed E-state index contributed by atoms with van der Waals surface area (Å²) in [5, 5.41) is 10.3. The normalized spacial score (nSPS) is 17.4. The lowest BCUT2D eigenvalue weighted by Gasteiger charge is -2.29. The van der Waals surface area contributed by atoms with Gasteiger partial charge >= 0.3 is 5.97 Å². The minimum atomic E-state index is -1.04. The van der Waals surface area contributed by atoms with E-state index < -0.39 is 24.0 Å². The van der Waals surface area contributed by atoms with E-state index in [1.165, 1.54) is 12.0 Å². The van der Waals surface area contributed by atoms with E-state index in [0.29, 0.717) is 48.0 Å². The average molecular weight is 480 g/mol. The van der Waals surface area contributed by atoms with Crippen molar-refractivity contribution in [2.45, 2.75) is 31.3 Å². The molecule has 3 aromatic carbocycles. The van der Waals surface area contributed by atoms with Gasteiger partial charge in [0, 0.05) is 23.1 Å². The highest BCUT2D eigenvalue weighted by molar-refractivity contribution is 6.31. The second-order valence-corrected chi connectivity index (χ2v) is 8.57. The number of amides is 1. The number of likely N-dealkylation sites (tertiary alicyclic amines) is 1. The molecule has 1 N–H and O–H groups in total. The molecule has 176 valence electrons. The van der Waals surface area contributed by atoms with E-state index in [2.05, 4.69) is 0 Å². The van der Waals surface area contributed by atoms with Crippen molar-refractivity contribution in [3.8, 4) is 11.5 Å². The molecular formula is C27H26ClNO5. The van der Waals surface area contributed by atoms with E-state index in [1.54, 1.807) is 24.3 Å². The fourth-order valence-corrected chi connectivity index (χ4v) is 4.63. The van der Waals surface area contributed by atoms with Crippen LogP contribution in [0.4, 0.5) is 0 Å². The maximum Gasteiger partial charge on any atom is 0.326 e. The minimum absolute atomic E-state index is 0.305. The van der Waals surface area contributed by atoms with Crippen LogP contribution in [-0.4, -0.2) is 41.6 Å². The van der Waals surface area contributed by atoms with Crippen molar-refractivity contribution in [1.29, 1.82) is 0 Å². The molecule has 0 spiro atoms. The van der Waals surface area contributed by atoms with Crippen LogP contribution in [0.5, 0.6) is 11.5 Å². The topological polar surface area (TPSA) is 76.1 Å². The Morgan fingerprint density at radius 3 is 2.41 bits per heavy atom. The number of halogens is 1. The second kappa shape index (κ2) is 10.6. The van der Waals surface area contributed by atoms with Gasteiger partial charge in [-0.25, -0.2) is 4.79 Å². The number of carboxylic acids is 1. The number of methoxy groups -OCH3 is 1. The van der Waals surface area contributed by atoms with Crippen molar-refractivity contribution in [3.63, 3.8) is 0 Å². The van der Waals surface area contributed by atoms with Gasteiger partial charge in [-0.1, -0.05) is 60.1 Å². The van der Waals surface area contributed by atoms with Gasteiger partial charge in [0.25, 0.3) is 5.91 Å². The van der Waals surface area contributed by atoms with Crippen LogP contribution in [-0.2, 0) is 11.2 Å². The molecule has 0 unspecified atom stereocenters. The molecule has 1 fully saturated rings. The van der Waals surface area contributed by atoms with Gasteiger partial charge < -0.3 is 19.5 Å². The largest absolute Gasteiger partial charge is 0.497 e. The second-order valence-electron chi connectivity index (χ2n) is 8.16. The SMILES string of the molecule is COc1cc(OCCc2ccccc2)cc(C(=O)N2[C@@H](c3ccccc3Cl)CC[C@H]2C(=O)O)c1. The summed E-state index contributed by atoms with van der Waals surface area (Å²) in [6, 6.07) is 20.8. The Balaban J connectivity index is 1.60. The average Bonchev–Trinajstić information content (AvgIpc) is 3.29. The number of carbonyl (C=O) groups is 2. The number of benzene rings is 3. The molecule has 0 radical (unpaired) electrons. The number of hydrogen-bond donors (Lipinski definition) is 1. The van der Waals surface area contributed by atoms with E-state index in [9.17, 15) is 14.7 Å². The van der Waals surface area contributed by atoms with Gasteiger partial charge in [0.15, 0.2) is 0 Å². The molecule has 0 aliphatic carbocycles. The summed E-state index contributed by atoms with van der Waals surface area (Å²) >= 11 is 6.40. The van der Waals surface area contributed by atoms with Crippen LogP contribution < -0.4 is 9.47 Å². The lowest BCUT2D eigenvalue weighted by molar-refractivity contribution is -0.141. The quantitative estimate of drug-likeness (QED) is 0.468. The van der Waals surface area contributed by atoms with E-state index in [4.69, 9.17) is 21.1 Å². The van der Waals surface area contributed by atoms with Crippen molar-refractivity contribution in [2.75, 3.05) is 13.7 Å². The van der Waals surface area contributed by atoms with Crippen LogP contribution in [0.25, 0.3) is 0 Å². The lowest BCUT2D eigenvalue weighted by atomic mass is 10.0. The van der Waals surface area contributed by atoms with E-state index >= 15 is 0 Å². The van der Waals surface area contributed by atoms with Crippen LogP contribution in [0.2, 0.25) is 5.02 Å². The Hall–Kier alpha value is -3.51. The fraction of sp³-hybridized carbons (Fsp3) is 0.259. The summed E-state index contributed by atoms with van der Waals surface area (Å²) in [6.07, 6.45) is 1.57. The summed E-state index contributed by atoms with van der Waals surface area (Å²) in [4.78, 5) is 27.1. The summed E-state index contributed by atoms with van der Waals surface area (Å²) < 4.78 is 11.3. The third-order valence-corrected chi connectivity index (χ3v) is 6.38. The molecule has 0 saturated carbocycles. The standard InChI is InChI=1S/C27H26ClNO5/c1-33-20-15-19(16-21(17-20)34-14-13-18-7-3-2-4-8-18)26(30)29-24(11-12-25(29)27(31)32)22-9-5-6-10-23(22)28/h2-10,15-17,24-25H,11-14H2,1H3,(H,31,32)/t24-,25+/m1/s1. The van der Waals surface area contributed by atoms with Gasteiger partial charge in [-0.3, -0.25) is 4.79 Å². The smallest absolute Gasteiger partial charge is 0.326 e. The zero-order valence-corrected chi connectivity index (χ0v) is 19.6. The number of nitrogens with zero attached hydrogens (tertiary/aromatic N) is 1. The van der Waals surface area contributed by atoms with Crippen molar-refractivity contribution in [3.05, 3.63) is 94.5 Å². The van der Waals surface area contributed by atoms with Crippen molar-refractivity contribution < 1.29 is 24.2 Å². The molecule has 7 heteroatoms. The molecule has 34 heavy (non-hydrogen) atoms. The summed E-state index contributed by atoms with van der Waals surface area (Å²) in [5.74, 6) is -0.494. The van der Waals surface area contributed by atoms with Crippen LogP contribution in [0.3, 0.4) is 0 Å². The predicted molar refractivity (Wildman–Crippen MR) is 130 cm³/mol. The highest BCUT2D eigenvalue weighted by atomic mass is 35.5. The maximum absolute atomic E-state index is 13.7. The molecule has 0 bridgehead atoms. The first-order valence-corrected chi connectivity index (χ1v) is 11.5. The Morgan fingerprint density at radius 2 is 1.71 bits per heavy atom. The van der Waals surface area contributed by atoms with Crippen LogP contribution in [0.15, 0.2) is 72.8 Å². The Labute approximate surface area is 203 Å². The molecule has 1 amide bonds. The molecular weight excluding hydrogens is 454 g/mol. The van der Waals surface area contributed by atoms with E-state index in [-0.39, 0.29) is 0 Å². The van der Waals surface area contributed by atoms with Crippen molar-refractivity contribution >= 4 is 23.5 Å². The molecule has 1 saturated heterocycles. The van der Waals surface area contributed by atoms with Crippen LogP contribution in [0.1, 0.15) is 40.4 Å². The number of carbonyl (C=O) groups excluding carboxylic acids is 1. The number of hydrogen-bond acceptors (Lipinski definition) is 4. The zero-order valence-electron chi connectivity index (χ0n) is 18.8. The first-order chi connectivity index (χ1) is 16.5. The summed E-state index contributed by atoms with van der Waals surface area (Å²) in [5.41, 5.74) is 2.19. The molecule has 1 aliphatic rings. The fourth-order valence-electron chi connectivity index (χ4n) is 4.36. The van der Waals surface area contributed by atoms with Gasteiger partial charge in [0.05, 0.1) is 19.8 Å². The van der Waals surface area contributed by atoms with Crippen LogP contribution in [0, 0.1) is 0 Å². The molecule has 4 rings (SSSR count). The van der Waals surface area contributed by atoms with Crippen LogP contribution >= 0.6 is 11.6 Å². The van der Waals surface area contributed by atoms with Crippen molar-refractivity contribution in [1.82, 2.24) is 4.90 Å². The third kappa shape index (κ3) is 5.18. The minimum Gasteiger partial charge on any atom is -0.497 e. The number of carboxylic acid groups (broad SMARTS) is 1. The van der Waals surface area contributed by atoms with Gasteiger partial charge in [-0.05, 0) is 42.2 Å². The molecule has 6 nitrogen and oxygen atoms in total. The van der Waals surface area contributed by atoms with E-state index in [1.807, 2.05) is 48.5 Å². The first-order valence-electron chi connectivity index (χ1n) is 11.1. The predicted octanol–water partition coefficient (Wildman–Crippen LogP) is 5.40. The summed E-state index contributed by atoms with van der Waals surface area (Å²) in [7, 11) is 1.51. The zero-order chi connectivity index (χ0) is 24.1. The Bertz CT molecular complexity index is 1170. The Kier molecular flexibility index (Phi) is 7.38. The molecule has 2 atom stereocenters. The summed E-state index contributed by atoms with van der Waals surface area (Å²) in [6.45, 7) is 0.425. The van der Waals surface area contributed by atoms with Gasteiger partial charge in [0.2, 0.25) is 0 Å². The maximum atomic E-state index is 13.7. The van der Waals surface area contributed by atoms with Crippen molar-refractivity contribution in [2.24, 2.45) is 0 Å². The molecule has 0 aromatic heterocycles. The molecule has 1 aliphatic heterocycles. The molecule has 3 aromatic rings. The van der Waals surface area contributed by atoms with E-state index in [0.717, 1.165) is 11.1 Å². The monoisotopic (exact) mass is 479 g/mol. The number of rotatable bonds is 8. The highest BCUT2D eigenvalue weighted by Gasteiger charge is 2.42. The first kappa shape index (κ1) is 23.6. The number of aliphatic carboxylic acids is 1.